The van der Waals surface area contributed by atoms with Crippen molar-refractivity contribution in [3.05, 3.63) is 53.6 Å². The molecular formula is C24H27ClF3NO2. The number of benzene rings is 1. The van der Waals surface area contributed by atoms with E-state index in [2.05, 4.69) is 13.0 Å². The van der Waals surface area contributed by atoms with Crippen LogP contribution in [0.4, 0.5) is 13.2 Å². The van der Waals surface area contributed by atoms with E-state index in [-0.39, 0.29) is 23.3 Å². The molecule has 3 unspecified atom stereocenters. The first-order chi connectivity index (χ1) is 14.7. The predicted molar refractivity (Wildman–Crippen MR) is 114 cm³/mol. The fraction of sp³-hybridized carbons (Fsp3) is 0.542. The minimum atomic E-state index is -4.37. The molecule has 0 radical (unpaired) electrons. The Labute approximate surface area is 185 Å². The van der Waals surface area contributed by atoms with Crippen LogP contribution in [0.15, 0.2) is 48.1 Å². The SMILES string of the molecule is CC1C=C(C2(C(=O)N3CCCC(Oc4ccc(C(F)(F)F)cc4)C3)CCC2)C=CC1Cl. The highest BCUT2D eigenvalue weighted by Crippen LogP contribution is 2.50. The van der Waals surface area contributed by atoms with E-state index in [1.807, 2.05) is 17.1 Å². The van der Waals surface area contributed by atoms with Gasteiger partial charge in [0.25, 0.3) is 0 Å². The number of piperidine rings is 1. The molecule has 0 spiro atoms. The molecule has 3 aliphatic rings. The molecule has 0 bridgehead atoms. The summed E-state index contributed by atoms with van der Waals surface area (Å²) < 4.78 is 44.2. The van der Waals surface area contributed by atoms with Crippen LogP contribution in [0.1, 0.15) is 44.6 Å². The average molecular weight is 454 g/mol. The van der Waals surface area contributed by atoms with Crippen molar-refractivity contribution in [2.75, 3.05) is 13.1 Å². The second kappa shape index (κ2) is 8.53. The molecule has 2 aliphatic carbocycles. The quantitative estimate of drug-likeness (QED) is 0.524. The van der Waals surface area contributed by atoms with Crippen LogP contribution >= 0.6 is 11.6 Å². The second-order valence-corrected chi connectivity index (χ2v) is 9.38. The van der Waals surface area contributed by atoms with Crippen molar-refractivity contribution in [2.45, 2.75) is 56.7 Å². The Hall–Kier alpha value is -1.95. The highest BCUT2D eigenvalue weighted by molar-refractivity contribution is 6.22. The molecule has 7 heteroatoms. The summed E-state index contributed by atoms with van der Waals surface area (Å²) >= 11 is 6.30. The summed E-state index contributed by atoms with van der Waals surface area (Å²) in [7, 11) is 0. The van der Waals surface area contributed by atoms with E-state index in [9.17, 15) is 18.0 Å². The largest absolute Gasteiger partial charge is 0.489 e. The summed E-state index contributed by atoms with van der Waals surface area (Å²) in [6.45, 7) is 3.19. The standard InChI is InChI=1S/C24H27ClF3NO2/c1-16-14-18(7-10-21(16)25)23(11-3-12-23)22(30)29-13-2-4-20(15-29)31-19-8-5-17(6-9-19)24(26,27)28/h5-10,14,16,20-21H,2-4,11-13,15H2,1H3. The molecule has 2 fully saturated rings. The topological polar surface area (TPSA) is 29.5 Å². The maximum atomic E-state index is 13.6. The van der Waals surface area contributed by atoms with Gasteiger partial charge in [-0.25, -0.2) is 0 Å². The summed E-state index contributed by atoms with van der Waals surface area (Å²) in [5, 5.41) is -0.0486. The highest BCUT2D eigenvalue weighted by Gasteiger charge is 2.49. The van der Waals surface area contributed by atoms with E-state index >= 15 is 0 Å². The number of hydrogen-bond acceptors (Lipinski definition) is 2. The number of amides is 1. The van der Waals surface area contributed by atoms with Gasteiger partial charge in [0.1, 0.15) is 11.9 Å². The van der Waals surface area contributed by atoms with Gasteiger partial charge < -0.3 is 9.64 Å². The number of likely N-dealkylation sites (tertiary alicyclic amines) is 1. The van der Waals surface area contributed by atoms with Crippen LogP contribution in [0.25, 0.3) is 0 Å². The Morgan fingerprint density at radius 3 is 2.48 bits per heavy atom. The summed E-state index contributed by atoms with van der Waals surface area (Å²) in [5.41, 5.74) is -0.105. The zero-order chi connectivity index (χ0) is 22.2. The zero-order valence-electron chi connectivity index (χ0n) is 17.5. The minimum absolute atomic E-state index is 0.0486. The van der Waals surface area contributed by atoms with Gasteiger partial charge in [-0.3, -0.25) is 4.79 Å². The first-order valence-corrected chi connectivity index (χ1v) is 11.3. The third-order valence-electron chi connectivity index (χ3n) is 6.72. The average Bonchev–Trinajstić information content (AvgIpc) is 2.70. The van der Waals surface area contributed by atoms with E-state index < -0.39 is 17.2 Å². The molecular weight excluding hydrogens is 427 g/mol. The normalized spacial score (nSPS) is 28.0. The number of allylic oxidation sites excluding steroid dienone is 3. The maximum Gasteiger partial charge on any atom is 0.416 e. The molecule has 4 rings (SSSR count). The van der Waals surface area contributed by atoms with Gasteiger partial charge in [-0.1, -0.05) is 31.6 Å². The molecule has 1 heterocycles. The van der Waals surface area contributed by atoms with Crippen LogP contribution in [0.5, 0.6) is 5.75 Å². The third-order valence-corrected chi connectivity index (χ3v) is 7.27. The van der Waals surface area contributed by atoms with Crippen molar-refractivity contribution < 1.29 is 22.7 Å². The molecule has 1 aromatic carbocycles. The minimum Gasteiger partial charge on any atom is -0.489 e. The lowest BCUT2D eigenvalue weighted by molar-refractivity contribution is -0.147. The molecule has 1 aliphatic heterocycles. The maximum absolute atomic E-state index is 13.6. The highest BCUT2D eigenvalue weighted by atomic mass is 35.5. The fourth-order valence-corrected chi connectivity index (χ4v) is 4.86. The van der Waals surface area contributed by atoms with Gasteiger partial charge in [0.05, 0.1) is 22.9 Å². The van der Waals surface area contributed by atoms with Gasteiger partial charge in [-0.2, -0.15) is 13.2 Å². The molecule has 1 saturated heterocycles. The molecule has 0 aromatic heterocycles. The number of halogens is 4. The van der Waals surface area contributed by atoms with Crippen LogP contribution < -0.4 is 4.74 Å². The Morgan fingerprint density at radius 1 is 1.19 bits per heavy atom. The summed E-state index contributed by atoms with van der Waals surface area (Å²) in [4.78, 5) is 15.5. The van der Waals surface area contributed by atoms with Crippen LogP contribution in [0.3, 0.4) is 0 Å². The van der Waals surface area contributed by atoms with Crippen LogP contribution in [0.2, 0.25) is 0 Å². The first kappa shape index (κ1) is 22.3. The lowest BCUT2D eigenvalue weighted by Crippen LogP contribution is -2.53. The molecule has 3 nitrogen and oxygen atoms in total. The van der Waals surface area contributed by atoms with Crippen molar-refractivity contribution in [2.24, 2.45) is 11.3 Å². The third kappa shape index (κ3) is 4.50. The van der Waals surface area contributed by atoms with E-state index in [1.54, 1.807) is 0 Å². The van der Waals surface area contributed by atoms with E-state index in [0.29, 0.717) is 18.8 Å². The van der Waals surface area contributed by atoms with Crippen LogP contribution in [-0.2, 0) is 11.0 Å². The van der Waals surface area contributed by atoms with E-state index in [0.717, 1.165) is 49.8 Å². The summed E-state index contributed by atoms with van der Waals surface area (Å²) in [5.74, 6) is 0.713. The van der Waals surface area contributed by atoms with Crippen molar-refractivity contribution in [1.82, 2.24) is 4.90 Å². The van der Waals surface area contributed by atoms with Crippen molar-refractivity contribution >= 4 is 17.5 Å². The van der Waals surface area contributed by atoms with Gasteiger partial charge >= 0.3 is 6.18 Å². The first-order valence-electron chi connectivity index (χ1n) is 10.9. The Kier molecular flexibility index (Phi) is 6.12. The van der Waals surface area contributed by atoms with Gasteiger partial charge in [0.15, 0.2) is 0 Å². The number of hydrogen-bond donors (Lipinski definition) is 0. The monoisotopic (exact) mass is 453 g/mol. The number of nitrogens with zero attached hydrogens (tertiary/aromatic N) is 1. The van der Waals surface area contributed by atoms with Gasteiger partial charge in [-0.05, 0) is 61.4 Å². The molecule has 3 atom stereocenters. The van der Waals surface area contributed by atoms with Crippen molar-refractivity contribution in [3.63, 3.8) is 0 Å². The van der Waals surface area contributed by atoms with Crippen molar-refractivity contribution in [3.8, 4) is 5.75 Å². The van der Waals surface area contributed by atoms with E-state index in [4.69, 9.17) is 16.3 Å². The number of ether oxygens (including phenoxy) is 1. The molecule has 0 N–H and O–H groups in total. The molecule has 31 heavy (non-hydrogen) atoms. The molecule has 168 valence electrons. The zero-order valence-corrected chi connectivity index (χ0v) is 18.3. The molecule has 1 aromatic rings. The number of carbonyl (C=O) groups excluding carboxylic acids is 1. The Balaban J connectivity index is 1.44. The lowest BCUT2D eigenvalue weighted by atomic mass is 9.61. The van der Waals surface area contributed by atoms with E-state index in [1.165, 1.54) is 12.1 Å². The van der Waals surface area contributed by atoms with Gasteiger partial charge in [-0.15, -0.1) is 11.6 Å². The Morgan fingerprint density at radius 2 is 1.90 bits per heavy atom. The Bertz CT molecular complexity index is 874. The summed E-state index contributed by atoms with van der Waals surface area (Å²) in [6.07, 6.45) is 5.79. The number of rotatable bonds is 4. The lowest BCUT2D eigenvalue weighted by Gasteiger charge is -2.47. The van der Waals surface area contributed by atoms with Crippen LogP contribution in [-0.4, -0.2) is 35.4 Å². The van der Waals surface area contributed by atoms with Gasteiger partial charge in [0, 0.05) is 6.54 Å². The van der Waals surface area contributed by atoms with Crippen LogP contribution in [0, 0.1) is 11.3 Å². The fourth-order valence-electron chi connectivity index (χ4n) is 4.71. The summed E-state index contributed by atoms with van der Waals surface area (Å²) in [6, 6.07) is 4.74. The smallest absolute Gasteiger partial charge is 0.416 e. The number of alkyl halides is 4. The number of carbonyl (C=O) groups is 1. The van der Waals surface area contributed by atoms with Crippen molar-refractivity contribution in [1.29, 1.82) is 0 Å². The molecule has 1 amide bonds. The van der Waals surface area contributed by atoms with Gasteiger partial charge in [0.2, 0.25) is 5.91 Å². The molecule has 1 saturated carbocycles. The predicted octanol–water partition coefficient (Wildman–Crippen LogP) is 5.99. The second-order valence-electron chi connectivity index (χ2n) is 8.88.